The number of nitrogens with two attached hydrogens (primary N) is 2. The molecule has 1 aliphatic heterocycles. The van der Waals surface area contributed by atoms with Gasteiger partial charge in [0.2, 0.25) is 65.0 Å². The molecule has 0 saturated carbocycles. The maximum Gasteiger partial charge on any atom is 0.329 e. The van der Waals surface area contributed by atoms with E-state index in [1.54, 1.807) is 48.6 Å². The molecule has 1 aromatic carbocycles. The first-order chi connectivity index (χ1) is 40.1. The Morgan fingerprint density at radius 2 is 1.18 bits per heavy atom. The van der Waals surface area contributed by atoms with Gasteiger partial charge in [-0.2, -0.15) is 0 Å². The van der Waals surface area contributed by atoms with Crippen LogP contribution in [0.4, 0.5) is 0 Å². The molecule has 19 N–H and O–H groups in total. The molecule has 11 amide bonds. The van der Waals surface area contributed by atoms with Crippen molar-refractivity contribution in [3.8, 4) is 0 Å². The van der Waals surface area contributed by atoms with Crippen LogP contribution in [0.25, 0.3) is 0 Å². The van der Waals surface area contributed by atoms with Crippen LogP contribution in [0.15, 0.2) is 30.3 Å². The number of hydrogen-bond donors (Lipinski definition) is 17. The highest BCUT2D eigenvalue weighted by atomic mass is 16.5. The fourth-order valence-electron chi connectivity index (χ4n) is 8.59. The number of carbonyl (C=O) groups excluding carboxylic acids is 12. The van der Waals surface area contributed by atoms with E-state index in [2.05, 4.69) is 63.8 Å². The van der Waals surface area contributed by atoms with Gasteiger partial charge < -0.3 is 90.2 Å². The molecule has 0 radical (unpaired) electrons. The molecular formula is C55H91N15O15. The molecule has 1 aliphatic rings. The van der Waals surface area contributed by atoms with Gasteiger partial charge in [-0.3, -0.25) is 58.1 Å². The predicted octanol–water partition coefficient (Wildman–Crippen LogP) is -4.70. The van der Waals surface area contributed by atoms with Gasteiger partial charge in [-0.25, -0.2) is 4.79 Å². The van der Waals surface area contributed by atoms with Gasteiger partial charge >= 0.3 is 5.97 Å². The van der Waals surface area contributed by atoms with E-state index >= 15 is 0 Å². The SMILES string of the molecule is CC[C@@H](C)[C@@H](NC(=O)[C@@H](CCC(N)=O)NC(=O)[C@H](CO)NC(=O)[C@@H](NC(=O)[C@@H](Cc1ccccc1)NC)[C@@H](C)CC)C(=O)N[C@@H](C)C(=O)NC(CO)C(=O)N[C@H]1C(=O)N[C@@H](C)C(=O)N[C@@H](CCCNC(=N)N)C(=O)N[C@@H]([C@@H](C)CC)C(=O)O[C@H]1C. The van der Waals surface area contributed by atoms with Crippen LogP contribution in [0, 0.1) is 23.2 Å². The zero-order chi connectivity index (χ0) is 64.2. The summed E-state index contributed by atoms with van der Waals surface area (Å²) in [4.78, 5) is 163. The lowest BCUT2D eigenvalue weighted by Crippen LogP contribution is -2.62. The Kier molecular flexibility index (Phi) is 31.5. The van der Waals surface area contributed by atoms with Gasteiger partial charge in [0.25, 0.3) is 0 Å². The number of amides is 11. The number of rotatable bonds is 32. The number of cyclic esters (lactones) is 1. The highest BCUT2D eigenvalue weighted by Crippen LogP contribution is 2.16. The quantitative estimate of drug-likeness (QED) is 0.0139. The third-order valence-corrected chi connectivity index (χ3v) is 14.7. The minimum absolute atomic E-state index is 0.0281. The topological polar surface area (TPSA) is 475 Å². The Balaban J connectivity index is 2.30. The molecule has 0 aliphatic carbocycles. The molecule has 1 unspecified atom stereocenters. The molecule has 85 heavy (non-hydrogen) atoms. The number of aliphatic hydroxyl groups excluding tert-OH is 2. The summed E-state index contributed by atoms with van der Waals surface area (Å²) in [6.45, 7) is 12.1. The van der Waals surface area contributed by atoms with E-state index in [-0.39, 0.29) is 31.8 Å². The third-order valence-electron chi connectivity index (χ3n) is 14.7. The molecule has 0 aromatic heterocycles. The molecule has 30 heteroatoms. The first kappa shape index (κ1) is 73.1. The van der Waals surface area contributed by atoms with Crippen molar-refractivity contribution in [3.63, 3.8) is 0 Å². The van der Waals surface area contributed by atoms with Gasteiger partial charge in [0, 0.05) is 13.0 Å². The van der Waals surface area contributed by atoms with Crippen LogP contribution < -0.4 is 75.3 Å². The number of ether oxygens (including phenoxy) is 1. The maximum atomic E-state index is 14.0. The maximum absolute atomic E-state index is 14.0. The van der Waals surface area contributed by atoms with Gasteiger partial charge in [-0.1, -0.05) is 91.1 Å². The summed E-state index contributed by atoms with van der Waals surface area (Å²) in [7, 11) is 1.59. The highest BCUT2D eigenvalue weighted by Gasteiger charge is 2.40. The van der Waals surface area contributed by atoms with Crippen LogP contribution in [0.2, 0.25) is 0 Å². The largest absolute Gasteiger partial charge is 0.458 e. The van der Waals surface area contributed by atoms with Crippen molar-refractivity contribution in [3.05, 3.63) is 35.9 Å². The van der Waals surface area contributed by atoms with E-state index in [0.717, 1.165) is 5.56 Å². The Labute approximate surface area is 495 Å². The Bertz CT molecular complexity index is 2470. The van der Waals surface area contributed by atoms with Gasteiger partial charge in [0.05, 0.1) is 19.3 Å². The fraction of sp³-hybridized carbons (Fsp3) is 0.655. The Morgan fingerprint density at radius 3 is 1.71 bits per heavy atom. The number of carbonyl (C=O) groups is 12. The second-order valence-electron chi connectivity index (χ2n) is 21.3. The summed E-state index contributed by atoms with van der Waals surface area (Å²) >= 11 is 0. The molecular weight excluding hydrogens is 1110 g/mol. The smallest absolute Gasteiger partial charge is 0.329 e. The van der Waals surface area contributed by atoms with Gasteiger partial charge in [0.15, 0.2) is 5.96 Å². The second kappa shape index (κ2) is 36.7. The number of hydrogen-bond acceptors (Lipinski definition) is 17. The number of nitrogens with one attached hydrogen (secondary N) is 13. The lowest BCUT2D eigenvalue weighted by atomic mass is 9.96. The molecule has 1 fully saturated rings. The molecule has 1 aromatic rings. The van der Waals surface area contributed by atoms with Crippen molar-refractivity contribution in [2.24, 2.45) is 29.2 Å². The summed E-state index contributed by atoms with van der Waals surface area (Å²) in [5.74, 6) is -13.0. The van der Waals surface area contributed by atoms with Crippen molar-refractivity contribution in [2.45, 2.75) is 186 Å². The number of benzene rings is 1. The minimum Gasteiger partial charge on any atom is -0.458 e. The van der Waals surface area contributed by atoms with E-state index in [0.29, 0.717) is 19.3 Å². The molecule has 1 heterocycles. The number of aliphatic hydroxyl groups is 2. The van der Waals surface area contributed by atoms with Crippen molar-refractivity contribution >= 4 is 76.9 Å². The third kappa shape index (κ3) is 23.9. The lowest BCUT2D eigenvalue weighted by Gasteiger charge is -2.30. The van der Waals surface area contributed by atoms with Crippen molar-refractivity contribution in [2.75, 3.05) is 26.8 Å². The zero-order valence-corrected chi connectivity index (χ0v) is 50.2. The standard InChI is InChI=1S/C55H91N15O15/c1-11-27(4)40(67-47(77)35(21-22-39(56)73)64-49(79)37(25-71)66-52(82)41(28(5)12-2)68-48(78)36(59-10)24-33-18-15-14-16-19-33)51(81)61-31(8)45(75)65-38(26-72)50(80)70-43-32(9)85-54(84)42(29(6)13-3)69-46(76)34(20-17-23-60-55(57)58)63-44(74)30(7)62-53(43)83/h14-16,18-19,27-32,34-38,40-43,59,71-72H,11-13,17,20-26H2,1-10H3,(H2,56,73)(H,61,81)(H,62,83)(H,63,74)(H,64,79)(H,65,75)(H,66,82)(H,67,77)(H,68,78)(H,69,76)(H,70,80)(H4,57,58,60)/t27-,28+,29+,30+,31+,32+,34+,35-,36-,37+,38?,40-,41+,42+,43-/m1/s1. The first-order valence-electron chi connectivity index (χ1n) is 28.6. The normalized spacial score (nSPS) is 21.0. The zero-order valence-electron chi connectivity index (χ0n) is 50.2. The molecule has 0 spiro atoms. The second-order valence-corrected chi connectivity index (χ2v) is 21.3. The van der Waals surface area contributed by atoms with Crippen molar-refractivity contribution in [1.29, 1.82) is 5.41 Å². The van der Waals surface area contributed by atoms with E-state index in [1.165, 1.54) is 20.8 Å². The van der Waals surface area contributed by atoms with E-state index < -0.39 is 187 Å². The summed E-state index contributed by atoms with van der Waals surface area (Å²) in [5.41, 5.74) is 11.6. The molecule has 0 bridgehead atoms. The van der Waals surface area contributed by atoms with Crippen LogP contribution in [0.5, 0.6) is 0 Å². The van der Waals surface area contributed by atoms with E-state index in [1.807, 2.05) is 30.3 Å². The van der Waals surface area contributed by atoms with Crippen molar-refractivity contribution < 1.29 is 72.5 Å². The van der Waals surface area contributed by atoms with Crippen LogP contribution in [0.1, 0.15) is 113 Å². The van der Waals surface area contributed by atoms with Crippen LogP contribution in [-0.2, 0) is 68.7 Å². The average molecular weight is 1200 g/mol. The van der Waals surface area contributed by atoms with E-state index in [4.69, 9.17) is 21.6 Å². The monoisotopic (exact) mass is 1200 g/mol. The summed E-state index contributed by atoms with van der Waals surface area (Å²) in [5, 5.41) is 58.4. The summed E-state index contributed by atoms with van der Waals surface area (Å²) in [6, 6.07) is -6.39. The molecule has 15 atom stereocenters. The first-order valence-corrected chi connectivity index (χ1v) is 28.6. The summed E-state index contributed by atoms with van der Waals surface area (Å²) < 4.78 is 5.66. The summed E-state index contributed by atoms with van der Waals surface area (Å²) in [6.07, 6.45) is -0.736. The molecule has 30 nitrogen and oxygen atoms in total. The van der Waals surface area contributed by atoms with Gasteiger partial charge in [-0.15, -0.1) is 0 Å². The van der Waals surface area contributed by atoms with Crippen LogP contribution >= 0.6 is 0 Å². The number of esters is 1. The molecule has 476 valence electrons. The fourth-order valence-corrected chi connectivity index (χ4v) is 8.59. The Hall–Kier alpha value is -7.99. The highest BCUT2D eigenvalue weighted by molar-refractivity contribution is 5.99. The average Bonchev–Trinajstić information content (AvgIpc) is 3.84. The Morgan fingerprint density at radius 1 is 0.647 bits per heavy atom. The molecule has 1 saturated heterocycles. The van der Waals surface area contributed by atoms with Gasteiger partial charge in [-0.05, 0) is 76.8 Å². The number of primary amides is 1. The number of likely N-dealkylation sites (N-methyl/N-ethyl adjacent to an activating group) is 1. The number of guanidine groups is 1. The minimum atomic E-state index is -1.82. The van der Waals surface area contributed by atoms with Crippen LogP contribution in [0.3, 0.4) is 0 Å². The van der Waals surface area contributed by atoms with Crippen LogP contribution in [-0.4, -0.2) is 186 Å². The van der Waals surface area contributed by atoms with E-state index in [9.17, 15) is 67.7 Å². The van der Waals surface area contributed by atoms with Crippen molar-refractivity contribution in [1.82, 2.24) is 63.8 Å². The van der Waals surface area contributed by atoms with Gasteiger partial charge in [0.1, 0.15) is 66.5 Å². The lowest BCUT2D eigenvalue weighted by molar-refractivity contribution is -0.157. The predicted molar refractivity (Wildman–Crippen MR) is 309 cm³/mol. The molecule has 2 rings (SSSR count).